The van der Waals surface area contributed by atoms with E-state index in [4.69, 9.17) is 4.74 Å². The second kappa shape index (κ2) is 8.10. The molecule has 1 unspecified atom stereocenters. The van der Waals surface area contributed by atoms with Crippen LogP contribution < -0.4 is 10.1 Å². The summed E-state index contributed by atoms with van der Waals surface area (Å²) in [5, 5.41) is 6.74. The van der Waals surface area contributed by atoms with Gasteiger partial charge < -0.3 is 10.1 Å². The minimum Gasteiger partial charge on any atom is -0.492 e. The van der Waals surface area contributed by atoms with Crippen LogP contribution in [0.5, 0.6) is 5.75 Å². The molecule has 0 aliphatic carbocycles. The predicted octanol–water partition coefficient (Wildman–Crippen LogP) is 3.72. The first-order valence-corrected chi connectivity index (χ1v) is 8.35. The predicted molar refractivity (Wildman–Crippen MR) is 87.0 cm³/mol. The van der Waals surface area contributed by atoms with Crippen molar-refractivity contribution in [1.29, 1.82) is 0 Å². The van der Waals surface area contributed by atoms with E-state index in [1.165, 1.54) is 0 Å². The van der Waals surface area contributed by atoms with E-state index >= 15 is 0 Å². The number of pyridine rings is 1. The zero-order chi connectivity index (χ0) is 15.1. The first kappa shape index (κ1) is 15.9. The number of ether oxygens (including phenoxy) is 1. The van der Waals surface area contributed by atoms with Crippen molar-refractivity contribution in [1.82, 2.24) is 15.3 Å². The van der Waals surface area contributed by atoms with E-state index in [9.17, 15) is 0 Å². The minimum atomic E-state index is 0.0765. The molecule has 5 heteroatoms. The average molecular weight is 305 g/mol. The van der Waals surface area contributed by atoms with Crippen molar-refractivity contribution in [3.8, 4) is 5.75 Å². The number of rotatable bonds is 8. The Morgan fingerprint density at radius 2 is 2.14 bits per heavy atom. The molecule has 2 aromatic heterocycles. The number of hydrogen-bond donors (Lipinski definition) is 1. The Balaban J connectivity index is 2.23. The molecule has 114 valence electrons. The summed E-state index contributed by atoms with van der Waals surface area (Å²) in [6.45, 7) is 7.95. The van der Waals surface area contributed by atoms with Crippen molar-refractivity contribution >= 4 is 11.3 Å². The van der Waals surface area contributed by atoms with Gasteiger partial charge in [0.05, 0.1) is 29.5 Å². The summed E-state index contributed by atoms with van der Waals surface area (Å²) < 4.78 is 5.68. The number of hydrogen-bond acceptors (Lipinski definition) is 5. The largest absolute Gasteiger partial charge is 0.492 e. The third-order valence-electron chi connectivity index (χ3n) is 3.07. The smallest absolute Gasteiger partial charge is 0.137 e. The molecule has 2 heterocycles. The van der Waals surface area contributed by atoms with E-state index in [1.807, 2.05) is 13.1 Å². The molecular weight excluding hydrogens is 282 g/mol. The Morgan fingerprint density at radius 1 is 1.29 bits per heavy atom. The van der Waals surface area contributed by atoms with Crippen molar-refractivity contribution in [3.05, 3.63) is 40.1 Å². The van der Waals surface area contributed by atoms with E-state index in [1.54, 1.807) is 17.5 Å². The number of thiazole rings is 1. The van der Waals surface area contributed by atoms with Crippen LogP contribution in [0.1, 0.15) is 49.0 Å². The van der Waals surface area contributed by atoms with Gasteiger partial charge in [-0.25, -0.2) is 4.98 Å². The molecule has 0 spiro atoms. The average Bonchev–Trinajstić information content (AvgIpc) is 2.92. The molecule has 0 aliphatic heterocycles. The van der Waals surface area contributed by atoms with Gasteiger partial charge in [0.2, 0.25) is 0 Å². The van der Waals surface area contributed by atoms with Crippen LogP contribution in [-0.4, -0.2) is 23.1 Å². The first-order valence-electron chi connectivity index (χ1n) is 7.47. The lowest BCUT2D eigenvalue weighted by Crippen LogP contribution is -2.23. The van der Waals surface area contributed by atoms with Crippen LogP contribution in [0.4, 0.5) is 0 Å². The second-order valence-electron chi connectivity index (χ2n) is 4.98. The summed E-state index contributed by atoms with van der Waals surface area (Å²) in [6.07, 6.45) is 5.73. The fourth-order valence-electron chi connectivity index (χ4n) is 2.09. The quantitative estimate of drug-likeness (QED) is 0.807. The van der Waals surface area contributed by atoms with E-state index in [0.717, 1.165) is 41.4 Å². The first-order chi connectivity index (χ1) is 10.2. The monoisotopic (exact) mass is 305 g/mol. The molecule has 0 fully saturated rings. The summed E-state index contributed by atoms with van der Waals surface area (Å²) in [6, 6.07) is 2.14. The van der Waals surface area contributed by atoms with Crippen molar-refractivity contribution in [2.45, 2.75) is 39.7 Å². The minimum absolute atomic E-state index is 0.0765. The Morgan fingerprint density at radius 3 is 2.81 bits per heavy atom. The van der Waals surface area contributed by atoms with Crippen LogP contribution in [0, 0.1) is 6.92 Å². The van der Waals surface area contributed by atoms with Gasteiger partial charge in [0.1, 0.15) is 5.75 Å². The van der Waals surface area contributed by atoms with Crippen LogP contribution in [0.25, 0.3) is 0 Å². The highest BCUT2D eigenvalue weighted by atomic mass is 32.1. The molecule has 4 nitrogen and oxygen atoms in total. The highest BCUT2D eigenvalue weighted by Crippen LogP contribution is 2.25. The van der Waals surface area contributed by atoms with E-state index in [-0.39, 0.29) is 6.04 Å². The third-order valence-corrected chi connectivity index (χ3v) is 3.86. The summed E-state index contributed by atoms with van der Waals surface area (Å²) >= 11 is 1.68. The lowest BCUT2D eigenvalue weighted by atomic mass is 10.1. The van der Waals surface area contributed by atoms with Crippen LogP contribution in [-0.2, 0) is 0 Å². The van der Waals surface area contributed by atoms with Crippen molar-refractivity contribution in [2.75, 3.05) is 13.2 Å². The van der Waals surface area contributed by atoms with Crippen LogP contribution >= 0.6 is 11.3 Å². The van der Waals surface area contributed by atoms with Gasteiger partial charge >= 0.3 is 0 Å². The standard InChI is InChI=1S/C16H23N3OS/c1-4-6-18-16(15-11-21-12(3)19-15)13-8-14(10-17-9-13)20-7-5-2/h8-11,16,18H,4-7H2,1-3H3. The molecule has 0 amide bonds. The molecular formula is C16H23N3OS. The van der Waals surface area contributed by atoms with Crippen molar-refractivity contribution < 1.29 is 4.74 Å². The molecule has 0 aromatic carbocycles. The van der Waals surface area contributed by atoms with Gasteiger partial charge in [-0.1, -0.05) is 13.8 Å². The third kappa shape index (κ3) is 4.51. The molecule has 1 atom stereocenters. The summed E-state index contributed by atoms with van der Waals surface area (Å²) in [4.78, 5) is 8.93. The van der Waals surface area contributed by atoms with E-state index < -0.39 is 0 Å². The van der Waals surface area contributed by atoms with Gasteiger partial charge in [0, 0.05) is 11.6 Å². The maximum absolute atomic E-state index is 5.68. The fourth-order valence-corrected chi connectivity index (χ4v) is 2.73. The Hall–Kier alpha value is -1.46. The zero-order valence-corrected chi connectivity index (χ0v) is 13.7. The summed E-state index contributed by atoms with van der Waals surface area (Å²) in [5.41, 5.74) is 2.16. The summed E-state index contributed by atoms with van der Waals surface area (Å²) in [5.74, 6) is 0.824. The highest BCUT2D eigenvalue weighted by molar-refractivity contribution is 7.09. The molecule has 2 aromatic rings. The number of aromatic nitrogens is 2. The summed E-state index contributed by atoms with van der Waals surface area (Å²) in [7, 11) is 0. The molecule has 0 saturated heterocycles. The SMILES string of the molecule is CCCNC(c1cncc(OCCC)c1)c1csc(C)n1. The molecule has 0 aliphatic rings. The van der Waals surface area contributed by atoms with Gasteiger partial charge in [0.15, 0.2) is 0 Å². The van der Waals surface area contributed by atoms with E-state index in [2.05, 4.69) is 40.6 Å². The van der Waals surface area contributed by atoms with Crippen LogP contribution in [0.15, 0.2) is 23.8 Å². The Kier molecular flexibility index (Phi) is 6.14. The molecule has 0 saturated carbocycles. The molecule has 21 heavy (non-hydrogen) atoms. The normalized spacial score (nSPS) is 12.3. The maximum atomic E-state index is 5.68. The molecule has 2 rings (SSSR count). The number of aryl methyl sites for hydroxylation is 1. The molecule has 0 bridgehead atoms. The Labute approximate surface area is 130 Å². The van der Waals surface area contributed by atoms with E-state index in [0.29, 0.717) is 6.61 Å². The van der Waals surface area contributed by atoms with Crippen molar-refractivity contribution in [3.63, 3.8) is 0 Å². The maximum Gasteiger partial charge on any atom is 0.137 e. The molecule has 1 N–H and O–H groups in total. The van der Waals surface area contributed by atoms with Gasteiger partial charge in [0.25, 0.3) is 0 Å². The van der Waals surface area contributed by atoms with Gasteiger partial charge in [-0.05, 0) is 37.9 Å². The van der Waals surface area contributed by atoms with Gasteiger partial charge in [-0.15, -0.1) is 11.3 Å². The van der Waals surface area contributed by atoms with Gasteiger partial charge in [-0.2, -0.15) is 0 Å². The molecule has 0 radical (unpaired) electrons. The topological polar surface area (TPSA) is 47.0 Å². The number of nitrogens with zero attached hydrogens (tertiary/aromatic N) is 2. The Bertz CT molecular complexity index is 556. The van der Waals surface area contributed by atoms with Crippen molar-refractivity contribution in [2.24, 2.45) is 0 Å². The highest BCUT2D eigenvalue weighted by Gasteiger charge is 2.17. The number of nitrogens with one attached hydrogen (secondary N) is 1. The fraction of sp³-hybridized carbons (Fsp3) is 0.500. The lowest BCUT2D eigenvalue weighted by molar-refractivity contribution is 0.315. The zero-order valence-electron chi connectivity index (χ0n) is 12.9. The van der Waals surface area contributed by atoms with Crippen LogP contribution in [0.3, 0.4) is 0 Å². The van der Waals surface area contributed by atoms with Gasteiger partial charge in [-0.3, -0.25) is 4.98 Å². The second-order valence-corrected chi connectivity index (χ2v) is 6.04. The lowest BCUT2D eigenvalue weighted by Gasteiger charge is -2.17. The van der Waals surface area contributed by atoms with Crippen LogP contribution in [0.2, 0.25) is 0 Å².